The summed E-state index contributed by atoms with van der Waals surface area (Å²) in [6.07, 6.45) is 8.18. The first kappa shape index (κ1) is 13.8. The van der Waals surface area contributed by atoms with Crippen LogP contribution in [0.15, 0.2) is 0 Å². The normalized spacial score (nSPS) is 22.4. The van der Waals surface area contributed by atoms with Gasteiger partial charge in [-0.3, -0.25) is 4.79 Å². The highest BCUT2D eigenvalue weighted by molar-refractivity contribution is 5.76. The van der Waals surface area contributed by atoms with E-state index in [2.05, 4.69) is 29.6 Å². The summed E-state index contributed by atoms with van der Waals surface area (Å²) in [6.45, 7) is 1.81. The van der Waals surface area contributed by atoms with Gasteiger partial charge in [0.25, 0.3) is 0 Å². The largest absolute Gasteiger partial charge is 0.353 e. The summed E-state index contributed by atoms with van der Waals surface area (Å²) in [5.74, 6) is 0.204. The van der Waals surface area contributed by atoms with Crippen LogP contribution in [-0.2, 0) is 4.79 Å². The second-order valence-electron chi connectivity index (χ2n) is 6.09. The van der Waals surface area contributed by atoms with Crippen molar-refractivity contribution in [3.05, 3.63) is 0 Å². The Balaban J connectivity index is 1.62. The van der Waals surface area contributed by atoms with Gasteiger partial charge in [-0.1, -0.05) is 12.8 Å². The highest BCUT2D eigenvalue weighted by atomic mass is 16.1. The van der Waals surface area contributed by atoms with Crippen LogP contribution < -0.4 is 10.6 Å². The molecule has 0 heterocycles. The van der Waals surface area contributed by atoms with Crippen LogP contribution in [0.3, 0.4) is 0 Å². The van der Waals surface area contributed by atoms with Gasteiger partial charge in [0.2, 0.25) is 5.91 Å². The minimum atomic E-state index is 0.204. The Morgan fingerprint density at radius 2 is 1.94 bits per heavy atom. The van der Waals surface area contributed by atoms with Crippen molar-refractivity contribution >= 4 is 5.91 Å². The predicted molar refractivity (Wildman–Crippen MR) is 73.5 cm³/mol. The van der Waals surface area contributed by atoms with Crippen molar-refractivity contribution in [3.8, 4) is 0 Å². The average molecular weight is 253 g/mol. The summed E-state index contributed by atoms with van der Waals surface area (Å²) < 4.78 is 0. The molecule has 2 fully saturated rings. The fourth-order valence-electron chi connectivity index (χ4n) is 2.87. The van der Waals surface area contributed by atoms with Crippen molar-refractivity contribution in [2.75, 3.05) is 27.2 Å². The molecule has 2 N–H and O–H groups in total. The molecule has 0 radical (unpaired) electrons. The van der Waals surface area contributed by atoms with Gasteiger partial charge >= 0.3 is 0 Å². The first-order chi connectivity index (χ1) is 8.62. The Morgan fingerprint density at radius 1 is 1.28 bits per heavy atom. The molecule has 4 nitrogen and oxygen atoms in total. The van der Waals surface area contributed by atoms with Crippen molar-refractivity contribution in [2.45, 2.75) is 56.5 Å². The third kappa shape index (κ3) is 3.69. The maximum Gasteiger partial charge on any atom is 0.221 e. The minimum absolute atomic E-state index is 0.204. The van der Waals surface area contributed by atoms with E-state index in [9.17, 15) is 4.79 Å². The van der Waals surface area contributed by atoms with Gasteiger partial charge in [0.05, 0.1) is 0 Å². The first-order valence-corrected chi connectivity index (χ1v) is 7.30. The lowest BCUT2D eigenvalue weighted by atomic mass is 9.96. The second kappa shape index (κ2) is 6.02. The number of nitrogens with zero attached hydrogens (tertiary/aromatic N) is 1. The van der Waals surface area contributed by atoms with Gasteiger partial charge in [-0.15, -0.1) is 0 Å². The lowest BCUT2D eigenvalue weighted by Crippen LogP contribution is -2.50. The number of rotatable bonds is 7. The van der Waals surface area contributed by atoms with E-state index in [-0.39, 0.29) is 5.91 Å². The number of likely N-dealkylation sites (N-methyl/N-ethyl adjacent to an activating group) is 1. The Morgan fingerprint density at radius 3 is 2.50 bits per heavy atom. The smallest absolute Gasteiger partial charge is 0.221 e. The molecule has 0 aliphatic heterocycles. The fourth-order valence-corrected chi connectivity index (χ4v) is 2.87. The Hall–Kier alpha value is -0.610. The van der Waals surface area contributed by atoms with E-state index in [0.29, 0.717) is 18.0 Å². The highest BCUT2D eigenvalue weighted by Crippen LogP contribution is 2.32. The predicted octanol–water partition coefficient (Wildman–Crippen LogP) is 1.12. The van der Waals surface area contributed by atoms with Crippen molar-refractivity contribution in [1.82, 2.24) is 15.5 Å². The van der Waals surface area contributed by atoms with E-state index in [1.807, 2.05) is 0 Å². The van der Waals surface area contributed by atoms with Gasteiger partial charge in [-0.2, -0.15) is 0 Å². The van der Waals surface area contributed by atoms with Crippen molar-refractivity contribution in [3.63, 3.8) is 0 Å². The van der Waals surface area contributed by atoms with E-state index in [1.165, 1.54) is 38.5 Å². The Labute approximate surface area is 110 Å². The van der Waals surface area contributed by atoms with E-state index < -0.39 is 0 Å². The summed E-state index contributed by atoms with van der Waals surface area (Å²) >= 11 is 0. The standard InChI is InChI=1S/C14H27N3O/c1-17(2)14(8-3-4-9-14)11-15-10-7-13(18)16-12-5-6-12/h12,15H,3-11H2,1-2H3,(H,16,18). The van der Waals surface area contributed by atoms with Gasteiger partial charge in [-0.25, -0.2) is 0 Å². The molecule has 104 valence electrons. The molecular formula is C14H27N3O. The number of hydrogen-bond acceptors (Lipinski definition) is 3. The van der Waals surface area contributed by atoms with E-state index in [0.717, 1.165) is 13.1 Å². The van der Waals surface area contributed by atoms with E-state index in [1.54, 1.807) is 0 Å². The molecule has 2 rings (SSSR count). The van der Waals surface area contributed by atoms with Gasteiger partial charge in [0.1, 0.15) is 0 Å². The van der Waals surface area contributed by atoms with Crippen LogP contribution in [0.4, 0.5) is 0 Å². The topological polar surface area (TPSA) is 44.4 Å². The molecule has 0 atom stereocenters. The van der Waals surface area contributed by atoms with Crippen LogP contribution in [0.5, 0.6) is 0 Å². The fraction of sp³-hybridized carbons (Fsp3) is 0.929. The second-order valence-corrected chi connectivity index (χ2v) is 6.09. The zero-order chi connectivity index (χ0) is 13.0. The van der Waals surface area contributed by atoms with Crippen molar-refractivity contribution in [2.24, 2.45) is 0 Å². The summed E-state index contributed by atoms with van der Waals surface area (Å²) in [4.78, 5) is 13.9. The molecule has 2 saturated carbocycles. The van der Waals surface area contributed by atoms with Gasteiger partial charge in [0, 0.05) is 31.1 Å². The lowest BCUT2D eigenvalue weighted by molar-refractivity contribution is -0.121. The number of nitrogens with one attached hydrogen (secondary N) is 2. The minimum Gasteiger partial charge on any atom is -0.353 e. The Bertz CT molecular complexity index is 281. The summed E-state index contributed by atoms with van der Waals surface area (Å²) in [5.41, 5.74) is 0.326. The molecule has 2 aliphatic carbocycles. The first-order valence-electron chi connectivity index (χ1n) is 7.30. The highest BCUT2D eigenvalue weighted by Gasteiger charge is 2.35. The zero-order valence-corrected chi connectivity index (χ0v) is 11.8. The molecule has 0 bridgehead atoms. The van der Waals surface area contributed by atoms with Gasteiger partial charge < -0.3 is 15.5 Å². The maximum atomic E-state index is 11.5. The molecule has 1 amide bonds. The van der Waals surface area contributed by atoms with Gasteiger partial charge in [-0.05, 0) is 39.8 Å². The average Bonchev–Trinajstić information content (AvgIpc) is 3.00. The SMILES string of the molecule is CN(C)C1(CNCCC(=O)NC2CC2)CCCC1. The van der Waals surface area contributed by atoms with Gasteiger partial charge in [0.15, 0.2) is 0 Å². The van der Waals surface area contributed by atoms with Crippen LogP contribution in [0.25, 0.3) is 0 Å². The quantitative estimate of drug-likeness (QED) is 0.668. The van der Waals surface area contributed by atoms with Crippen LogP contribution in [0.1, 0.15) is 44.9 Å². The van der Waals surface area contributed by atoms with Crippen molar-refractivity contribution < 1.29 is 4.79 Å². The maximum absolute atomic E-state index is 11.5. The third-order valence-corrected chi connectivity index (χ3v) is 4.41. The number of hydrogen-bond donors (Lipinski definition) is 2. The molecule has 0 aromatic rings. The summed E-state index contributed by atoms with van der Waals surface area (Å²) in [5, 5.41) is 6.50. The molecule has 0 aromatic carbocycles. The molecule has 0 spiro atoms. The monoisotopic (exact) mass is 253 g/mol. The van der Waals surface area contributed by atoms with Crippen LogP contribution in [0.2, 0.25) is 0 Å². The third-order valence-electron chi connectivity index (χ3n) is 4.41. The van der Waals surface area contributed by atoms with Crippen LogP contribution >= 0.6 is 0 Å². The number of carbonyl (C=O) groups excluding carboxylic acids is 1. The molecular weight excluding hydrogens is 226 g/mol. The molecule has 2 aliphatic rings. The molecule has 0 saturated heterocycles. The summed E-state index contributed by atoms with van der Waals surface area (Å²) in [7, 11) is 4.35. The lowest BCUT2D eigenvalue weighted by Gasteiger charge is -2.36. The van der Waals surface area contributed by atoms with E-state index in [4.69, 9.17) is 0 Å². The zero-order valence-electron chi connectivity index (χ0n) is 11.8. The molecule has 4 heteroatoms. The molecule has 0 aromatic heterocycles. The number of amides is 1. The molecule has 0 unspecified atom stereocenters. The number of carbonyl (C=O) groups is 1. The van der Waals surface area contributed by atoms with Crippen LogP contribution in [-0.4, -0.2) is 49.6 Å². The van der Waals surface area contributed by atoms with Crippen molar-refractivity contribution in [1.29, 1.82) is 0 Å². The van der Waals surface area contributed by atoms with Crippen LogP contribution in [0, 0.1) is 0 Å². The molecule has 18 heavy (non-hydrogen) atoms. The Kier molecular flexibility index (Phi) is 4.62. The summed E-state index contributed by atoms with van der Waals surface area (Å²) in [6, 6.07) is 0.487. The van der Waals surface area contributed by atoms with E-state index >= 15 is 0 Å².